The van der Waals surface area contributed by atoms with Crippen molar-refractivity contribution in [2.24, 2.45) is 5.92 Å². The van der Waals surface area contributed by atoms with Gasteiger partial charge in [-0.25, -0.2) is 8.42 Å². The molecule has 0 spiro atoms. The molecule has 0 bridgehead atoms. The van der Waals surface area contributed by atoms with Crippen LogP contribution in [0.5, 0.6) is 11.5 Å². The highest BCUT2D eigenvalue weighted by Gasteiger charge is 2.25. The number of hydrogen-bond acceptors (Lipinski definition) is 5. The number of sulfonamides is 1. The smallest absolute Gasteiger partial charge is 0.243 e. The van der Waals surface area contributed by atoms with Crippen LogP contribution in [-0.4, -0.2) is 51.5 Å². The molecule has 1 aromatic carbocycles. The highest BCUT2D eigenvalue weighted by Crippen LogP contribution is 2.32. The quantitative estimate of drug-likeness (QED) is 0.823. The van der Waals surface area contributed by atoms with E-state index in [2.05, 4.69) is 5.32 Å². The van der Waals surface area contributed by atoms with Crippen molar-refractivity contribution >= 4 is 15.9 Å². The van der Waals surface area contributed by atoms with Crippen molar-refractivity contribution in [3.05, 3.63) is 18.2 Å². The number of nitrogens with zero attached hydrogens (tertiary/aromatic N) is 1. The van der Waals surface area contributed by atoms with Gasteiger partial charge in [-0.05, 0) is 25.0 Å². The fourth-order valence-corrected chi connectivity index (χ4v) is 3.38. The van der Waals surface area contributed by atoms with E-state index in [-0.39, 0.29) is 29.3 Å². The number of ether oxygens (including phenoxy) is 2. The summed E-state index contributed by atoms with van der Waals surface area (Å²) in [5.41, 5.74) is 0. The number of benzene rings is 1. The van der Waals surface area contributed by atoms with Gasteiger partial charge < -0.3 is 14.8 Å². The molecule has 1 unspecified atom stereocenters. The van der Waals surface area contributed by atoms with Gasteiger partial charge in [0.1, 0.15) is 0 Å². The first-order valence-corrected chi connectivity index (χ1v) is 9.81. The standard InChI is InChI=1S/C17H26N2O5S/c1-12(2)13(3)18-17(20)11-19(4)25(21,22)14-6-7-15-16(10-14)24-9-5-8-23-15/h6-7,10,12-13H,5,8-9,11H2,1-4H3,(H,18,20). The predicted molar refractivity (Wildman–Crippen MR) is 94.3 cm³/mol. The first-order chi connectivity index (χ1) is 11.7. The molecule has 0 saturated carbocycles. The van der Waals surface area contributed by atoms with Gasteiger partial charge in [0.25, 0.3) is 0 Å². The van der Waals surface area contributed by atoms with E-state index < -0.39 is 10.0 Å². The average Bonchev–Trinajstić information content (AvgIpc) is 2.78. The zero-order valence-corrected chi connectivity index (χ0v) is 15.9. The summed E-state index contributed by atoms with van der Waals surface area (Å²) in [6.45, 7) is 6.63. The predicted octanol–water partition coefficient (Wildman–Crippen LogP) is 1.63. The van der Waals surface area contributed by atoms with Gasteiger partial charge in [0, 0.05) is 25.6 Å². The molecule has 0 fully saturated rings. The maximum atomic E-state index is 12.7. The molecule has 25 heavy (non-hydrogen) atoms. The molecule has 8 heteroatoms. The lowest BCUT2D eigenvalue weighted by Crippen LogP contribution is -2.43. The largest absolute Gasteiger partial charge is 0.490 e. The van der Waals surface area contributed by atoms with Crippen LogP contribution in [-0.2, 0) is 14.8 Å². The van der Waals surface area contributed by atoms with Gasteiger partial charge in [-0.3, -0.25) is 4.79 Å². The Morgan fingerprint density at radius 2 is 1.84 bits per heavy atom. The Hall–Kier alpha value is -1.80. The van der Waals surface area contributed by atoms with Gasteiger partial charge in [-0.1, -0.05) is 13.8 Å². The summed E-state index contributed by atoms with van der Waals surface area (Å²) >= 11 is 0. The third kappa shape index (κ3) is 4.85. The van der Waals surface area contributed by atoms with Crippen LogP contribution < -0.4 is 14.8 Å². The number of fused-ring (bicyclic) bond motifs is 1. The number of likely N-dealkylation sites (N-methyl/N-ethyl adjacent to an activating group) is 1. The van der Waals surface area contributed by atoms with Gasteiger partial charge in [0.15, 0.2) is 11.5 Å². The van der Waals surface area contributed by atoms with E-state index in [4.69, 9.17) is 9.47 Å². The van der Waals surface area contributed by atoms with Crippen molar-refractivity contribution in [3.63, 3.8) is 0 Å². The first kappa shape index (κ1) is 19.5. The number of nitrogens with one attached hydrogen (secondary N) is 1. The minimum absolute atomic E-state index is 0.0263. The summed E-state index contributed by atoms with van der Waals surface area (Å²) in [4.78, 5) is 12.1. The number of carbonyl (C=O) groups is 1. The van der Waals surface area contributed by atoms with E-state index in [0.717, 1.165) is 10.7 Å². The van der Waals surface area contributed by atoms with Gasteiger partial charge in [-0.2, -0.15) is 4.31 Å². The Morgan fingerprint density at radius 3 is 2.48 bits per heavy atom. The Kier molecular flexibility index (Phi) is 6.29. The van der Waals surface area contributed by atoms with E-state index in [9.17, 15) is 13.2 Å². The third-order valence-corrected chi connectivity index (χ3v) is 5.98. The van der Waals surface area contributed by atoms with Gasteiger partial charge in [-0.15, -0.1) is 0 Å². The molecule has 0 aromatic heterocycles. The molecule has 1 N–H and O–H groups in total. The van der Waals surface area contributed by atoms with E-state index >= 15 is 0 Å². The lowest BCUT2D eigenvalue weighted by molar-refractivity contribution is -0.122. The maximum Gasteiger partial charge on any atom is 0.243 e. The van der Waals surface area contributed by atoms with Crippen LogP contribution in [0.2, 0.25) is 0 Å². The molecule has 1 heterocycles. The van der Waals surface area contributed by atoms with Crippen molar-refractivity contribution in [1.29, 1.82) is 0 Å². The summed E-state index contributed by atoms with van der Waals surface area (Å²) < 4.78 is 37.5. The third-order valence-electron chi connectivity index (χ3n) is 4.18. The highest BCUT2D eigenvalue weighted by molar-refractivity contribution is 7.89. The van der Waals surface area contributed by atoms with Crippen LogP contribution in [0.25, 0.3) is 0 Å². The van der Waals surface area contributed by atoms with Crippen LogP contribution in [0.3, 0.4) is 0 Å². The second-order valence-corrected chi connectivity index (χ2v) is 8.57. The van der Waals surface area contributed by atoms with Crippen molar-refractivity contribution in [1.82, 2.24) is 9.62 Å². The molecule has 0 aliphatic carbocycles. The molecular weight excluding hydrogens is 344 g/mol. The van der Waals surface area contributed by atoms with E-state index in [1.807, 2.05) is 20.8 Å². The lowest BCUT2D eigenvalue weighted by Gasteiger charge is -2.21. The van der Waals surface area contributed by atoms with Crippen LogP contribution in [0, 0.1) is 5.92 Å². The summed E-state index contributed by atoms with van der Waals surface area (Å²) in [5.74, 6) is 0.877. The van der Waals surface area contributed by atoms with Gasteiger partial charge in [0.05, 0.1) is 24.7 Å². The molecule has 1 aliphatic heterocycles. The van der Waals surface area contributed by atoms with Gasteiger partial charge >= 0.3 is 0 Å². The van der Waals surface area contributed by atoms with Crippen LogP contribution >= 0.6 is 0 Å². The average molecular weight is 370 g/mol. The zero-order valence-electron chi connectivity index (χ0n) is 15.1. The second-order valence-electron chi connectivity index (χ2n) is 6.52. The molecule has 1 aliphatic rings. The minimum Gasteiger partial charge on any atom is -0.490 e. The number of hydrogen-bond donors (Lipinski definition) is 1. The number of amides is 1. The SMILES string of the molecule is CC(C)C(C)NC(=O)CN(C)S(=O)(=O)c1ccc2c(c1)OCCCO2. The van der Waals surface area contributed by atoms with Crippen molar-refractivity contribution in [2.75, 3.05) is 26.8 Å². The summed E-state index contributed by atoms with van der Waals surface area (Å²) in [7, 11) is -2.41. The van der Waals surface area contributed by atoms with E-state index in [1.165, 1.54) is 19.2 Å². The molecule has 1 atom stereocenters. The summed E-state index contributed by atoms with van der Waals surface area (Å²) in [6.07, 6.45) is 0.741. The van der Waals surface area contributed by atoms with E-state index in [0.29, 0.717) is 24.7 Å². The van der Waals surface area contributed by atoms with E-state index in [1.54, 1.807) is 6.07 Å². The molecular formula is C17H26N2O5S. The summed E-state index contributed by atoms with van der Waals surface area (Å²) in [5, 5.41) is 2.80. The molecule has 1 aromatic rings. The fourth-order valence-electron chi connectivity index (χ4n) is 2.24. The zero-order chi connectivity index (χ0) is 18.6. The Labute approximate surface area is 149 Å². The maximum absolute atomic E-state index is 12.7. The number of carbonyl (C=O) groups excluding carboxylic acids is 1. The molecule has 7 nitrogen and oxygen atoms in total. The monoisotopic (exact) mass is 370 g/mol. The molecule has 140 valence electrons. The fraction of sp³-hybridized carbons (Fsp3) is 0.588. The Balaban J connectivity index is 2.12. The molecule has 0 saturated heterocycles. The molecule has 1 amide bonds. The van der Waals surface area contributed by atoms with Crippen LogP contribution in [0.15, 0.2) is 23.1 Å². The first-order valence-electron chi connectivity index (χ1n) is 8.37. The number of rotatable bonds is 6. The van der Waals surface area contributed by atoms with Crippen molar-refractivity contribution < 1.29 is 22.7 Å². The van der Waals surface area contributed by atoms with Crippen LogP contribution in [0.4, 0.5) is 0 Å². The Morgan fingerprint density at radius 1 is 1.20 bits per heavy atom. The second kappa shape index (κ2) is 8.05. The Bertz CT molecular complexity index is 718. The normalized spacial score (nSPS) is 15.8. The molecule has 2 rings (SSSR count). The van der Waals surface area contributed by atoms with Crippen molar-refractivity contribution in [3.8, 4) is 11.5 Å². The van der Waals surface area contributed by atoms with Crippen LogP contribution in [0.1, 0.15) is 27.2 Å². The highest BCUT2D eigenvalue weighted by atomic mass is 32.2. The lowest BCUT2D eigenvalue weighted by atomic mass is 10.1. The summed E-state index contributed by atoms with van der Waals surface area (Å²) in [6, 6.07) is 4.47. The minimum atomic E-state index is -3.80. The molecule has 0 radical (unpaired) electrons. The topological polar surface area (TPSA) is 84.9 Å². The van der Waals surface area contributed by atoms with Crippen molar-refractivity contribution in [2.45, 2.75) is 38.1 Å². The van der Waals surface area contributed by atoms with Gasteiger partial charge in [0.2, 0.25) is 15.9 Å².